The van der Waals surface area contributed by atoms with Crippen LogP contribution in [0.15, 0.2) is 0 Å². The zero-order valence-corrected chi connectivity index (χ0v) is 11.2. The average Bonchev–Trinajstić information content (AvgIpc) is 2.29. The van der Waals surface area contributed by atoms with E-state index in [4.69, 9.17) is 4.74 Å². The van der Waals surface area contributed by atoms with Crippen LogP contribution in [0.4, 0.5) is 0 Å². The van der Waals surface area contributed by atoms with Crippen LogP contribution in [0.3, 0.4) is 0 Å². The summed E-state index contributed by atoms with van der Waals surface area (Å²) < 4.78 is 5.94. The van der Waals surface area contributed by atoms with Crippen LogP contribution in [0.5, 0.6) is 0 Å². The summed E-state index contributed by atoms with van der Waals surface area (Å²) in [6.45, 7) is 9.92. The average molecular weight is 228 g/mol. The molecule has 1 unspecified atom stereocenters. The Kier molecular flexibility index (Phi) is 7.01. The van der Waals surface area contributed by atoms with Crippen molar-refractivity contribution in [1.82, 2.24) is 10.2 Å². The van der Waals surface area contributed by atoms with Crippen LogP contribution in [0.1, 0.15) is 33.1 Å². The van der Waals surface area contributed by atoms with Gasteiger partial charge in [0.15, 0.2) is 0 Å². The van der Waals surface area contributed by atoms with Gasteiger partial charge in [-0.3, -0.25) is 0 Å². The first-order chi connectivity index (χ1) is 7.74. The molecule has 0 bridgehead atoms. The van der Waals surface area contributed by atoms with Crippen molar-refractivity contribution in [2.75, 3.05) is 39.8 Å². The van der Waals surface area contributed by atoms with E-state index >= 15 is 0 Å². The van der Waals surface area contributed by atoms with E-state index in [1.807, 2.05) is 7.05 Å². The van der Waals surface area contributed by atoms with Crippen molar-refractivity contribution in [3.63, 3.8) is 0 Å². The van der Waals surface area contributed by atoms with Gasteiger partial charge in [-0.05, 0) is 38.9 Å². The van der Waals surface area contributed by atoms with Crippen LogP contribution >= 0.6 is 0 Å². The van der Waals surface area contributed by atoms with Gasteiger partial charge < -0.3 is 15.0 Å². The van der Waals surface area contributed by atoms with Crippen LogP contribution in [0, 0.1) is 5.92 Å². The predicted octanol–water partition coefficient (Wildman–Crippen LogP) is 1.73. The summed E-state index contributed by atoms with van der Waals surface area (Å²) in [6.07, 6.45) is 4.50. The number of nitrogens with zero attached hydrogens (tertiary/aromatic N) is 1. The van der Waals surface area contributed by atoms with Crippen LogP contribution in [-0.4, -0.2) is 50.8 Å². The second-order valence-corrected chi connectivity index (χ2v) is 5.11. The van der Waals surface area contributed by atoms with E-state index in [0.717, 1.165) is 19.7 Å². The molecule has 1 N–H and O–H groups in total. The first kappa shape index (κ1) is 13.9. The maximum absolute atomic E-state index is 5.94. The summed E-state index contributed by atoms with van der Waals surface area (Å²) in [5.41, 5.74) is 0. The molecule has 1 fully saturated rings. The highest BCUT2D eigenvalue weighted by Gasteiger charge is 2.14. The summed E-state index contributed by atoms with van der Waals surface area (Å²) in [6, 6.07) is 0. The highest BCUT2D eigenvalue weighted by Crippen LogP contribution is 2.09. The normalized spacial score (nSPS) is 20.2. The van der Waals surface area contributed by atoms with Crippen molar-refractivity contribution in [2.45, 2.75) is 39.2 Å². The summed E-state index contributed by atoms with van der Waals surface area (Å²) in [7, 11) is 1.99. The lowest BCUT2D eigenvalue weighted by Gasteiger charge is -2.28. The lowest BCUT2D eigenvalue weighted by Crippen LogP contribution is -2.36. The number of rotatable bonds is 7. The number of hydrogen-bond donors (Lipinski definition) is 1. The molecule has 1 heterocycles. The van der Waals surface area contributed by atoms with E-state index in [-0.39, 0.29) is 0 Å². The van der Waals surface area contributed by atoms with Gasteiger partial charge in [-0.1, -0.05) is 20.3 Å². The molecule has 0 aromatic rings. The van der Waals surface area contributed by atoms with Gasteiger partial charge in [0.05, 0.1) is 12.7 Å². The van der Waals surface area contributed by atoms with Crippen molar-refractivity contribution >= 4 is 0 Å². The van der Waals surface area contributed by atoms with E-state index in [1.54, 1.807) is 0 Å². The van der Waals surface area contributed by atoms with Gasteiger partial charge >= 0.3 is 0 Å². The first-order valence-electron chi connectivity index (χ1n) is 6.72. The minimum Gasteiger partial charge on any atom is -0.375 e. The van der Waals surface area contributed by atoms with E-state index in [9.17, 15) is 0 Å². The van der Waals surface area contributed by atoms with Gasteiger partial charge in [-0.15, -0.1) is 0 Å². The molecule has 1 rings (SSSR count). The Morgan fingerprint density at radius 2 is 1.88 bits per heavy atom. The first-order valence-corrected chi connectivity index (χ1v) is 6.72. The van der Waals surface area contributed by atoms with E-state index in [1.165, 1.54) is 32.4 Å². The third-order valence-electron chi connectivity index (χ3n) is 3.34. The molecular formula is C13H28N2O. The van der Waals surface area contributed by atoms with Gasteiger partial charge in [0.25, 0.3) is 0 Å². The van der Waals surface area contributed by atoms with Crippen molar-refractivity contribution in [3.8, 4) is 0 Å². The third kappa shape index (κ3) is 5.28. The monoisotopic (exact) mass is 228 g/mol. The molecule has 1 atom stereocenters. The summed E-state index contributed by atoms with van der Waals surface area (Å²) in [5, 5.41) is 3.20. The second-order valence-electron chi connectivity index (χ2n) is 5.11. The van der Waals surface area contributed by atoms with Crippen LogP contribution in [0.2, 0.25) is 0 Å². The quantitative estimate of drug-likeness (QED) is 0.718. The summed E-state index contributed by atoms with van der Waals surface area (Å²) in [4.78, 5) is 2.53. The molecule has 3 nitrogen and oxygen atoms in total. The fraction of sp³-hybridized carbons (Fsp3) is 1.00. The molecule has 0 amide bonds. The Morgan fingerprint density at radius 3 is 2.44 bits per heavy atom. The fourth-order valence-corrected chi connectivity index (χ4v) is 2.20. The number of nitrogens with one attached hydrogen (secondary N) is 1. The van der Waals surface area contributed by atoms with Gasteiger partial charge in [0.1, 0.15) is 0 Å². The zero-order chi connectivity index (χ0) is 11.8. The highest BCUT2D eigenvalue weighted by atomic mass is 16.5. The van der Waals surface area contributed by atoms with Gasteiger partial charge in [0.2, 0.25) is 0 Å². The molecule has 0 aromatic heterocycles. The van der Waals surface area contributed by atoms with Gasteiger partial charge in [-0.25, -0.2) is 0 Å². The van der Waals surface area contributed by atoms with Crippen molar-refractivity contribution in [3.05, 3.63) is 0 Å². The molecule has 0 saturated carbocycles. The van der Waals surface area contributed by atoms with Crippen molar-refractivity contribution in [2.24, 2.45) is 5.92 Å². The number of likely N-dealkylation sites (N-methyl/N-ethyl adjacent to an activating group) is 1. The summed E-state index contributed by atoms with van der Waals surface area (Å²) in [5.74, 6) is 0.591. The Morgan fingerprint density at radius 1 is 1.19 bits per heavy atom. The lowest BCUT2D eigenvalue weighted by molar-refractivity contribution is 0.0101. The Balaban J connectivity index is 2.11. The molecule has 0 spiro atoms. The summed E-state index contributed by atoms with van der Waals surface area (Å²) >= 11 is 0. The molecule has 0 aliphatic carbocycles. The number of hydrogen-bond acceptors (Lipinski definition) is 3. The smallest absolute Gasteiger partial charge is 0.0722 e. The number of piperidine rings is 1. The van der Waals surface area contributed by atoms with Gasteiger partial charge in [-0.2, -0.15) is 0 Å². The molecule has 3 heteroatoms. The molecular weight excluding hydrogens is 200 g/mol. The SMILES string of the molecule is CNCC(OCCN1CCCCC1)C(C)C. The van der Waals surface area contributed by atoms with E-state index in [0.29, 0.717) is 12.0 Å². The molecule has 16 heavy (non-hydrogen) atoms. The lowest BCUT2D eigenvalue weighted by atomic mass is 10.1. The van der Waals surface area contributed by atoms with Crippen LogP contribution in [0.25, 0.3) is 0 Å². The van der Waals surface area contributed by atoms with Crippen LogP contribution in [-0.2, 0) is 4.74 Å². The maximum Gasteiger partial charge on any atom is 0.0722 e. The Hall–Kier alpha value is -0.120. The fourth-order valence-electron chi connectivity index (χ4n) is 2.20. The largest absolute Gasteiger partial charge is 0.375 e. The Labute approximate surface area is 101 Å². The molecule has 0 aromatic carbocycles. The second kappa shape index (κ2) is 8.04. The van der Waals surface area contributed by atoms with E-state index < -0.39 is 0 Å². The number of likely N-dealkylation sites (tertiary alicyclic amines) is 1. The standard InChI is InChI=1S/C13H28N2O/c1-12(2)13(11-14-3)16-10-9-15-7-5-4-6-8-15/h12-14H,4-11H2,1-3H3. The predicted molar refractivity (Wildman–Crippen MR) is 68.8 cm³/mol. The topological polar surface area (TPSA) is 24.5 Å². The van der Waals surface area contributed by atoms with E-state index in [2.05, 4.69) is 24.1 Å². The Bertz CT molecular complexity index is 167. The van der Waals surface area contributed by atoms with Gasteiger partial charge in [0, 0.05) is 13.1 Å². The highest BCUT2D eigenvalue weighted by molar-refractivity contribution is 4.67. The van der Waals surface area contributed by atoms with Crippen molar-refractivity contribution in [1.29, 1.82) is 0 Å². The number of ether oxygens (including phenoxy) is 1. The maximum atomic E-state index is 5.94. The van der Waals surface area contributed by atoms with Crippen molar-refractivity contribution < 1.29 is 4.74 Å². The minimum absolute atomic E-state index is 0.356. The molecule has 1 aliphatic heterocycles. The molecule has 1 saturated heterocycles. The third-order valence-corrected chi connectivity index (χ3v) is 3.34. The molecule has 1 aliphatic rings. The minimum atomic E-state index is 0.356. The molecule has 0 radical (unpaired) electrons. The van der Waals surface area contributed by atoms with Crippen LogP contribution < -0.4 is 5.32 Å². The zero-order valence-electron chi connectivity index (χ0n) is 11.2. The molecule has 96 valence electrons.